The van der Waals surface area contributed by atoms with E-state index in [9.17, 15) is 4.79 Å². The van der Waals surface area contributed by atoms with Gasteiger partial charge < -0.3 is 5.32 Å². The molecular formula is C26H31N3O. The molecule has 1 amide bonds. The lowest BCUT2D eigenvalue weighted by Gasteiger charge is -2.07. The van der Waals surface area contributed by atoms with Crippen LogP contribution in [0.4, 0.5) is 5.69 Å². The largest absolute Gasteiger partial charge is 0.326 e. The van der Waals surface area contributed by atoms with Crippen molar-refractivity contribution in [2.24, 2.45) is 0 Å². The maximum Gasteiger partial charge on any atom is 0.224 e. The van der Waals surface area contributed by atoms with Crippen molar-refractivity contribution in [3.63, 3.8) is 0 Å². The molecule has 0 fully saturated rings. The molecule has 0 atom stereocenters. The summed E-state index contributed by atoms with van der Waals surface area (Å²) in [5, 5.41) is 2.98. The van der Waals surface area contributed by atoms with Crippen molar-refractivity contribution < 1.29 is 4.79 Å². The van der Waals surface area contributed by atoms with Gasteiger partial charge in [0, 0.05) is 24.5 Å². The van der Waals surface area contributed by atoms with E-state index in [1.807, 2.05) is 30.6 Å². The van der Waals surface area contributed by atoms with Crippen LogP contribution >= 0.6 is 0 Å². The fourth-order valence-electron chi connectivity index (χ4n) is 3.46. The van der Waals surface area contributed by atoms with Crippen LogP contribution in [-0.4, -0.2) is 15.9 Å². The number of carbonyl (C=O) groups excluding carboxylic acids is 1. The highest BCUT2D eigenvalue weighted by atomic mass is 16.1. The van der Waals surface area contributed by atoms with E-state index in [1.54, 1.807) is 0 Å². The lowest BCUT2D eigenvalue weighted by molar-refractivity contribution is -0.116. The van der Waals surface area contributed by atoms with Gasteiger partial charge in [0.25, 0.3) is 0 Å². The van der Waals surface area contributed by atoms with Crippen LogP contribution in [0, 0.1) is 6.92 Å². The van der Waals surface area contributed by atoms with Gasteiger partial charge in [-0.2, -0.15) is 0 Å². The molecule has 0 saturated heterocycles. The Morgan fingerprint density at radius 2 is 1.53 bits per heavy atom. The fraction of sp³-hybridized carbons (Fsp3) is 0.346. The van der Waals surface area contributed by atoms with Gasteiger partial charge in [-0.25, -0.2) is 0 Å². The third-order valence-corrected chi connectivity index (χ3v) is 5.27. The standard InChI is InChI=1S/C26H31N3O/c1-3-21-10-12-23(13-11-21)29-26(30)9-7-5-4-6-8-22-15-17-28-25(19-22)24-18-20(2)14-16-27-24/h10-19H,3-9H2,1-2H3,(H,29,30). The van der Waals surface area contributed by atoms with E-state index in [1.165, 1.54) is 16.7 Å². The smallest absolute Gasteiger partial charge is 0.224 e. The summed E-state index contributed by atoms with van der Waals surface area (Å²) in [6.07, 6.45) is 10.5. The zero-order chi connectivity index (χ0) is 21.2. The molecule has 1 aromatic carbocycles. The Morgan fingerprint density at radius 1 is 0.833 bits per heavy atom. The van der Waals surface area contributed by atoms with Crippen LogP contribution in [0.3, 0.4) is 0 Å². The van der Waals surface area contributed by atoms with Gasteiger partial charge in [-0.1, -0.05) is 31.9 Å². The quantitative estimate of drug-likeness (QED) is 0.415. The van der Waals surface area contributed by atoms with E-state index in [0.29, 0.717) is 6.42 Å². The summed E-state index contributed by atoms with van der Waals surface area (Å²) in [6, 6.07) is 16.4. The molecule has 4 nitrogen and oxygen atoms in total. The number of nitrogens with zero attached hydrogens (tertiary/aromatic N) is 2. The van der Waals surface area contributed by atoms with Crippen molar-refractivity contribution in [1.29, 1.82) is 0 Å². The molecule has 0 unspecified atom stereocenters. The van der Waals surface area contributed by atoms with E-state index in [-0.39, 0.29) is 5.91 Å². The zero-order valence-corrected chi connectivity index (χ0v) is 18.0. The molecule has 0 aliphatic heterocycles. The van der Waals surface area contributed by atoms with Crippen LogP contribution in [0.25, 0.3) is 11.4 Å². The molecule has 0 radical (unpaired) electrons. The van der Waals surface area contributed by atoms with Crippen molar-refractivity contribution in [2.45, 2.75) is 58.8 Å². The number of hydrogen-bond acceptors (Lipinski definition) is 3. The summed E-state index contributed by atoms with van der Waals surface area (Å²) in [4.78, 5) is 21.0. The van der Waals surface area contributed by atoms with Gasteiger partial charge in [-0.3, -0.25) is 14.8 Å². The van der Waals surface area contributed by atoms with Gasteiger partial charge in [0.05, 0.1) is 11.4 Å². The molecule has 30 heavy (non-hydrogen) atoms. The number of aromatic nitrogens is 2. The predicted octanol–water partition coefficient (Wildman–Crippen LogP) is 6.15. The van der Waals surface area contributed by atoms with Crippen LogP contribution in [-0.2, 0) is 17.6 Å². The van der Waals surface area contributed by atoms with E-state index in [2.05, 4.69) is 59.5 Å². The van der Waals surface area contributed by atoms with Gasteiger partial charge in [-0.15, -0.1) is 0 Å². The van der Waals surface area contributed by atoms with Crippen molar-refractivity contribution in [2.75, 3.05) is 5.32 Å². The highest BCUT2D eigenvalue weighted by molar-refractivity contribution is 5.90. The molecular weight excluding hydrogens is 370 g/mol. The molecule has 2 aromatic heterocycles. The van der Waals surface area contributed by atoms with Crippen LogP contribution in [0.2, 0.25) is 0 Å². The summed E-state index contributed by atoms with van der Waals surface area (Å²) in [5.74, 6) is 0.101. The number of benzene rings is 1. The van der Waals surface area contributed by atoms with Crippen molar-refractivity contribution in [1.82, 2.24) is 9.97 Å². The molecule has 0 saturated carbocycles. The number of pyridine rings is 2. The third kappa shape index (κ3) is 6.80. The first-order valence-corrected chi connectivity index (χ1v) is 10.9. The number of hydrogen-bond donors (Lipinski definition) is 1. The highest BCUT2D eigenvalue weighted by Gasteiger charge is 2.04. The van der Waals surface area contributed by atoms with Crippen LogP contribution < -0.4 is 5.32 Å². The first-order valence-electron chi connectivity index (χ1n) is 10.9. The third-order valence-electron chi connectivity index (χ3n) is 5.27. The number of anilines is 1. The molecule has 3 rings (SSSR count). The first kappa shape index (κ1) is 21.7. The monoisotopic (exact) mass is 401 g/mol. The fourth-order valence-corrected chi connectivity index (χ4v) is 3.46. The number of aryl methyl sites for hydroxylation is 3. The van der Waals surface area contributed by atoms with Gasteiger partial charge >= 0.3 is 0 Å². The summed E-state index contributed by atoms with van der Waals surface area (Å²) in [6.45, 7) is 4.19. The second kappa shape index (κ2) is 11.2. The van der Waals surface area contributed by atoms with Crippen LogP contribution in [0.15, 0.2) is 60.9 Å². The Morgan fingerprint density at radius 3 is 2.27 bits per heavy atom. The predicted molar refractivity (Wildman–Crippen MR) is 123 cm³/mol. The Labute approximate surface area is 179 Å². The number of rotatable bonds is 10. The zero-order valence-electron chi connectivity index (χ0n) is 18.0. The maximum absolute atomic E-state index is 12.1. The van der Waals surface area contributed by atoms with Crippen molar-refractivity contribution in [3.05, 3.63) is 77.6 Å². The first-order chi connectivity index (χ1) is 14.6. The summed E-state index contributed by atoms with van der Waals surface area (Å²) < 4.78 is 0. The van der Waals surface area contributed by atoms with E-state index >= 15 is 0 Å². The molecule has 0 spiro atoms. The summed E-state index contributed by atoms with van der Waals surface area (Å²) in [5.41, 5.74) is 6.50. The molecule has 2 heterocycles. The lowest BCUT2D eigenvalue weighted by Crippen LogP contribution is -2.10. The number of amides is 1. The van der Waals surface area contributed by atoms with Crippen LogP contribution in [0.1, 0.15) is 55.7 Å². The molecule has 3 aromatic rings. The highest BCUT2D eigenvalue weighted by Crippen LogP contribution is 2.18. The molecule has 156 valence electrons. The topological polar surface area (TPSA) is 54.9 Å². The average molecular weight is 402 g/mol. The summed E-state index contributed by atoms with van der Waals surface area (Å²) in [7, 11) is 0. The Balaban J connectivity index is 1.35. The molecule has 0 bridgehead atoms. The van der Waals surface area contributed by atoms with Crippen LogP contribution in [0.5, 0.6) is 0 Å². The Hall–Kier alpha value is -3.01. The average Bonchev–Trinajstić information content (AvgIpc) is 2.77. The second-order valence-electron chi connectivity index (χ2n) is 7.78. The maximum atomic E-state index is 12.1. The Bertz CT molecular complexity index is 951. The van der Waals surface area contributed by atoms with E-state index < -0.39 is 0 Å². The van der Waals surface area contributed by atoms with Gasteiger partial charge in [0.2, 0.25) is 5.91 Å². The number of carbonyl (C=O) groups is 1. The molecule has 0 aliphatic carbocycles. The normalized spacial score (nSPS) is 10.7. The van der Waals surface area contributed by atoms with E-state index in [4.69, 9.17) is 0 Å². The SMILES string of the molecule is CCc1ccc(NC(=O)CCCCCCc2ccnc(-c3cc(C)ccn3)c2)cc1. The second-order valence-corrected chi connectivity index (χ2v) is 7.78. The van der Waals surface area contributed by atoms with Gasteiger partial charge in [0.15, 0.2) is 0 Å². The minimum Gasteiger partial charge on any atom is -0.326 e. The van der Waals surface area contributed by atoms with Crippen molar-refractivity contribution in [3.8, 4) is 11.4 Å². The minimum atomic E-state index is 0.101. The lowest BCUT2D eigenvalue weighted by atomic mass is 10.0. The molecule has 1 N–H and O–H groups in total. The Kier molecular flexibility index (Phi) is 8.13. The van der Waals surface area contributed by atoms with E-state index in [0.717, 1.165) is 55.6 Å². The number of nitrogens with one attached hydrogen (secondary N) is 1. The van der Waals surface area contributed by atoms with Gasteiger partial charge in [-0.05, 0) is 85.7 Å². The van der Waals surface area contributed by atoms with Crippen molar-refractivity contribution >= 4 is 11.6 Å². The van der Waals surface area contributed by atoms with Gasteiger partial charge in [0.1, 0.15) is 0 Å². The molecule has 0 aliphatic rings. The molecule has 4 heteroatoms. The summed E-state index contributed by atoms with van der Waals surface area (Å²) >= 11 is 0. The number of unbranched alkanes of at least 4 members (excludes halogenated alkanes) is 3. The minimum absolute atomic E-state index is 0.101.